The quantitative estimate of drug-likeness (QED) is 0.744. The second kappa shape index (κ2) is 7.00. The molecule has 154 valence electrons. The van der Waals surface area contributed by atoms with Crippen molar-refractivity contribution in [2.24, 2.45) is 5.73 Å². The molecule has 1 saturated heterocycles. The third-order valence-corrected chi connectivity index (χ3v) is 7.06. The van der Waals surface area contributed by atoms with Crippen LogP contribution in [0.1, 0.15) is 29.3 Å². The summed E-state index contributed by atoms with van der Waals surface area (Å²) >= 11 is 1.45. The topological polar surface area (TPSA) is 86.8 Å². The first-order chi connectivity index (χ1) is 14.0. The molecule has 7 nitrogen and oxygen atoms in total. The summed E-state index contributed by atoms with van der Waals surface area (Å²) < 4.78 is 28.3. The zero-order valence-electron chi connectivity index (χ0n) is 16.1. The summed E-state index contributed by atoms with van der Waals surface area (Å²) in [5, 5.41) is 0.787. The maximum Gasteiger partial charge on any atom is 0.344 e. The van der Waals surface area contributed by atoms with Crippen LogP contribution in [-0.4, -0.2) is 48.1 Å². The maximum absolute atomic E-state index is 15.4. The Morgan fingerprint density at radius 1 is 1.45 bits per heavy atom. The number of fused-ring (bicyclic) bond motifs is 7. The van der Waals surface area contributed by atoms with Gasteiger partial charge in [-0.15, -0.1) is 11.8 Å². The Morgan fingerprint density at radius 2 is 2.28 bits per heavy atom. The van der Waals surface area contributed by atoms with Crippen LogP contribution in [0.15, 0.2) is 15.9 Å². The lowest BCUT2D eigenvalue weighted by atomic mass is 10.0. The Balaban J connectivity index is 1.83. The highest BCUT2D eigenvalue weighted by atomic mass is 32.2. The number of aromatic nitrogens is 1. The number of halogens is 1. The molecule has 5 rings (SSSR count). The van der Waals surface area contributed by atoms with E-state index < -0.39 is 17.2 Å². The number of hydrogen-bond acceptors (Lipinski definition) is 7. The van der Waals surface area contributed by atoms with Crippen molar-refractivity contribution < 1.29 is 18.7 Å². The third kappa shape index (κ3) is 2.71. The fraction of sp³-hybridized carbons (Fsp3) is 0.500. The summed E-state index contributed by atoms with van der Waals surface area (Å²) in [5.74, 6) is -0.403. The molecule has 2 aromatic rings. The van der Waals surface area contributed by atoms with E-state index in [4.69, 9.17) is 15.2 Å². The van der Waals surface area contributed by atoms with Crippen LogP contribution < -0.4 is 16.1 Å². The molecule has 29 heavy (non-hydrogen) atoms. The molecule has 1 fully saturated rings. The number of anilines is 1. The zero-order chi connectivity index (χ0) is 20.3. The van der Waals surface area contributed by atoms with E-state index in [0.717, 1.165) is 12.2 Å². The lowest BCUT2D eigenvalue weighted by Crippen LogP contribution is -2.42. The van der Waals surface area contributed by atoms with Gasteiger partial charge in [0.15, 0.2) is 0 Å². The number of pyridine rings is 1. The number of carbonyl (C=O) groups is 1. The van der Waals surface area contributed by atoms with Crippen LogP contribution in [0, 0.1) is 5.82 Å². The van der Waals surface area contributed by atoms with Crippen molar-refractivity contribution in [3.63, 3.8) is 0 Å². The minimum Gasteiger partial charge on any atom is -0.462 e. The molecule has 0 bridgehead atoms. The van der Waals surface area contributed by atoms with Crippen LogP contribution in [0.5, 0.6) is 0 Å². The van der Waals surface area contributed by atoms with Crippen molar-refractivity contribution in [2.45, 2.75) is 43.6 Å². The molecule has 3 aliphatic rings. The highest BCUT2D eigenvalue weighted by Gasteiger charge is 2.38. The molecule has 2 N–H and O–H groups in total. The van der Waals surface area contributed by atoms with Gasteiger partial charge in [-0.05, 0) is 19.4 Å². The first kappa shape index (κ1) is 18.9. The van der Waals surface area contributed by atoms with Gasteiger partial charge in [0.1, 0.15) is 11.4 Å². The first-order valence-electron chi connectivity index (χ1n) is 9.84. The lowest BCUT2D eigenvalue weighted by Gasteiger charge is -2.28. The first-order valence-corrected chi connectivity index (χ1v) is 10.8. The average molecular weight is 419 g/mol. The molecule has 0 spiro atoms. The van der Waals surface area contributed by atoms with Gasteiger partial charge in [-0.3, -0.25) is 4.79 Å². The van der Waals surface area contributed by atoms with Gasteiger partial charge in [0.05, 0.1) is 47.5 Å². The fourth-order valence-corrected chi connectivity index (χ4v) is 5.84. The standard InChI is InChI=1S/C20H22FN3O4S/c1-2-28-20(26)15-18(25)10-7-12(21)17-11(16(10)24-5-6-29-19(15)24)8-27-9-14-13(22)3-4-23(14)17/h7,13-14H,2-6,8-9,22H2,1H3/t13-,14-/m1/s1. The molecule has 2 atom stereocenters. The Bertz CT molecular complexity index is 1090. The number of thioether (sulfide) groups is 1. The van der Waals surface area contributed by atoms with Gasteiger partial charge in [-0.25, -0.2) is 9.18 Å². The molecule has 0 amide bonds. The maximum atomic E-state index is 15.4. The number of hydrogen-bond donors (Lipinski definition) is 1. The predicted octanol–water partition coefficient (Wildman–Crippen LogP) is 1.86. The van der Waals surface area contributed by atoms with Crippen molar-refractivity contribution in [3.8, 4) is 0 Å². The molecular weight excluding hydrogens is 397 g/mol. The second-order valence-corrected chi connectivity index (χ2v) is 8.62. The van der Waals surface area contributed by atoms with E-state index in [9.17, 15) is 9.59 Å². The summed E-state index contributed by atoms with van der Waals surface area (Å²) in [7, 11) is 0. The minimum absolute atomic E-state index is 0.00295. The van der Waals surface area contributed by atoms with E-state index >= 15 is 4.39 Å². The van der Waals surface area contributed by atoms with Gasteiger partial charge < -0.3 is 24.7 Å². The number of benzene rings is 1. The van der Waals surface area contributed by atoms with Crippen molar-refractivity contribution in [1.82, 2.24) is 4.57 Å². The molecule has 3 aliphatic heterocycles. The van der Waals surface area contributed by atoms with E-state index in [1.165, 1.54) is 17.8 Å². The number of esters is 1. The van der Waals surface area contributed by atoms with Crippen molar-refractivity contribution in [3.05, 3.63) is 33.2 Å². The van der Waals surface area contributed by atoms with Gasteiger partial charge in [0.2, 0.25) is 5.43 Å². The van der Waals surface area contributed by atoms with E-state index in [0.29, 0.717) is 41.5 Å². The van der Waals surface area contributed by atoms with Crippen LogP contribution in [0.25, 0.3) is 10.9 Å². The van der Waals surface area contributed by atoms with Gasteiger partial charge in [-0.1, -0.05) is 0 Å². The van der Waals surface area contributed by atoms with Crippen molar-refractivity contribution in [1.29, 1.82) is 0 Å². The van der Waals surface area contributed by atoms with Gasteiger partial charge in [0, 0.05) is 30.4 Å². The number of rotatable bonds is 2. The van der Waals surface area contributed by atoms with Crippen molar-refractivity contribution >= 4 is 34.3 Å². The smallest absolute Gasteiger partial charge is 0.344 e. The Hall–Kier alpha value is -2.10. The number of aryl methyl sites for hydroxylation is 1. The number of nitrogens with zero attached hydrogens (tertiary/aromatic N) is 2. The molecule has 1 aromatic carbocycles. The van der Waals surface area contributed by atoms with E-state index in [-0.39, 0.29) is 36.2 Å². The molecule has 0 aliphatic carbocycles. The van der Waals surface area contributed by atoms with Gasteiger partial charge >= 0.3 is 5.97 Å². The van der Waals surface area contributed by atoms with E-state index in [1.807, 2.05) is 9.47 Å². The highest BCUT2D eigenvalue weighted by molar-refractivity contribution is 7.99. The number of nitrogens with two attached hydrogens (primary N) is 1. The largest absolute Gasteiger partial charge is 0.462 e. The molecule has 0 radical (unpaired) electrons. The zero-order valence-corrected chi connectivity index (χ0v) is 16.9. The third-order valence-electron chi connectivity index (χ3n) is 5.98. The fourth-order valence-electron chi connectivity index (χ4n) is 4.71. The van der Waals surface area contributed by atoms with Crippen molar-refractivity contribution in [2.75, 3.05) is 30.4 Å². The molecule has 9 heteroatoms. The second-order valence-electron chi connectivity index (χ2n) is 7.54. The van der Waals surface area contributed by atoms with Gasteiger partial charge in [-0.2, -0.15) is 0 Å². The molecular formula is C20H22FN3O4S. The van der Waals surface area contributed by atoms with Crippen LogP contribution in [0.4, 0.5) is 10.1 Å². The average Bonchev–Trinajstić information content (AvgIpc) is 3.24. The van der Waals surface area contributed by atoms with Crippen LogP contribution in [0.3, 0.4) is 0 Å². The lowest BCUT2D eigenvalue weighted by molar-refractivity contribution is 0.0519. The minimum atomic E-state index is -0.658. The molecule has 4 heterocycles. The number of ether oxygens (including phenoxy) is 2. The van der Waals surface area contributed by atoms with Crippen LogP contribution in [0.2, 0.25) is 0 Å². The number of carbonyl (C=O) groups excluding carboxylic acids is 1. The predicted molar refractivity (Wildman–Crippen MR) is 108 cm³/mol. The molecule has 1 aromatic heterocycles. The van der Waals surface area contributed by atoms with E-state index in [1.54, 1.807) is 6.92 Å². The summed E-state index contributed by atoms with van der Waals surface area (Å²) in [5.41, 5.74) is 7.52. The normalized spacial score (nSPS) is 22.9. The SMILES string of the molecule is CCOC(=O)c1c2n(c3c4c(c(F)cc3c1=O)N1CC[C@@H](N)[C@H]1COC4)CCS2. The molecule has 0 saturated carbocycles. The summed E-state index contributed by atoms with van der Waals surface area (Å²) in [4.78, 5) is 27.7. The summed E-state index contributed by atoms with van der Waals surface area (Å²) in [6, 6.07) is 1.11. The van der Waals surface area contributed by atoms with Crippen LogP contribution in [-0.2, 0) is 22.6 Å². The summed E-state index contributed by atoms with van der Waals surface area (Å²) in [6.07, 6.45) is 0.765. The van der Waals surface area contributed by atoms with E-state index in [2.05, 4.69) is 0 Å². The highest BCUT2D eigenvalue weighted by Crippen LogP contribution is 2.41. The monoisotopic (exact) mass is 419 g/mol. The summed E-state index contributed by atoms with van der Waals surface area (Å²) in [6.45, 7) is 3.76. The molecule has 0 unspecified atom stereocenters. The van der Waals surface area contributed by atoms with Crippen LogP contribution >= 0.6 is 11.8 Å². The van der Waals surface area contributed by atoms with Gasteiger partial charge in [0.25, 0.3) is 0 Å². The Kier molecular flexibility index (Phi) is 4.56. The Morgan fingerprint density at radius 3 is 3.07 bits per heavy atom. The Labute approximate surface area is 170 Å².